The molecular weight excluding hydrogens is 996 g/mol. The Kier molecular flexibility index (Phi) is 16.9. The molecule has 0 aliphatic heterocycles. The van der Waals surface area contributed by atoms with E-state index in [1.54, 1.807) is 13.8 Å². The number of rotatable bonds is 14. The van der Waals surface area contributed by atoms with Gasteiger partial charge >= 0.3 is 0 Å². The van der Waals surface area contributed by atoms with Crippen LogP contribution in [0, 0.1) is 13.8 Å². The highest BCUT2D eigenvalue weighted by Gasteiger charge is 2.27. The molecule has 0 saturated carbocycles. The van der Waals surface area contributed by atoms with Crippen molar-refractivity contribution in [2.45, 2.75) is 39.8 Å². The lowest BCUT2D eigenvalue weighted by atomic mass is 10.1. The average Bonchev–Trinajstić information content (AvgIpc) is 3.21. The van der Waals surface area contributed by atoms with Gasteiger partial charge in [0.05, 0.1) is 40.2 Å². The molecule has 4 N–H and O–H groups in total. The number of halogens is 8. The second-order valence-corrected chi connectivity index (χ2v) is 16.9. The Morgan fingerprint density at radius 2 is 0.781 bits per heavy atom. The third kappa shape index (κ3) is 12.5. The maximum absolute atomic E-state index is 13.4. The van der Waals surface area contributed by atoms with Gasteiger partial charge in [-0.3, -0.25) is 28.8 Å². The van der Waals surface area contributed by atoms with Crippen molar-refractivity contribution in [1.29, 1.82) is 0 Å². The zero-order valence-corrected chi connectivity index (χ0v) is 39.4. The summed E-state index contributed by atoms with van der Waals surface area (Å²) in [6.45, 7) is 5.55. The van der Waals surface area contributed by atoms with Gasteiger partial charge in [-0.2, -0.15) is 20.5 Å². The van der Waals surface area contributed by atoms with Gasteiger partial charge in [0.15, 0.2) is 11.6 Å². The number of carbonyl (C=O) groups excluding carboxylic acids is 6. The zero-order valence-electron chi connectivity index (χ0n) is 33.3. The molecule has 2 atom stereocenters. The Morgan fingerprint density at radius 3 is 1.09 bits per heavy atom. The van der Waals surface area contributed by atoms with Crippen molar-refractivity contribution in [3.63, 3.8) is 0 Å². The van der Waals surface area contributed by atoms with Crippen LogP contribution in [0.1, 0.15) is 45.7 Å². The van der Waals surface area contributed by atoms with Gasteiger partial charge in [0.25, 0.3) is 23.6 Å². The summed E-state index contributed by atoms with van der Waals surface area (Å²) in [6.07, 6.45) is 0. The molecule has 2 unspecified atom stereocenters. The predicted octanol–water partition coefficient (Wildman–Crippen LogP) is 13.4. The normalized spacial score (nSPS) is 12.2. The van der Waals surface area contributed by atoms with Crippen LogP contribution >= 0.6 is 92.8 Å². The highest BCUT2D eigenvalue weighted by Crippen LogP contribution is 2.36. The fraction of sp³-hybridized carbons (Fsp3) is 0.143. The molecular formula is C42H30Cl8N8O6. The van der Waals surface area contributed by atoms with Crippen molar-refractivity contribution in [1.82, 2.24) is 0 Å². The maximum Gasteiger partial charge on any atom is 0.258 e. The quantitative estimate of drug-likeness (QED) is 0.0484. The van der Waals surface area contributed by atoms with E-state index in [0.717, 1.165) is 13.8 Å². The van der Waals surface area contributed by atoms with E-state index < -0.39 is 47.3 Å². The Labute approximate surface area is 405 Å². The van der Waals surface area contributed by atoms with Crippen LogP contribution in [-0.2, 0) is 19.2 Å². The van der Waals surface area contributed by atoms with Gasteiger partial charge in [0.2, 0.25) is 12.1 Å². The molecule has 0 radical (unpaired) electrons. The average molecular weight is 1030 g/mol. The van der Waals surface area contributed by atoms with Gasteiger partial charge in [-0.05, 0) is 112 Å². The molecule has 64 heavy (non-hydrogen) atoms. The zero-order chi connectivity index (χ0) is 47.2. The summed E-state index contributed by atoms with van der Waals surface area (Å²) in [4.78, 5) is 78.1. The first-order chi connectivity index (χ1) is 30.1. The number of hydrogen-bond donors (Lipinski definition) is 4. The summed E-state index contributed by atoms with van der Waals surface area (Å²) < 4.78 is 0. The van der Waals surface area contributed by atoms with Gasteiger partial charge in [0, 0.05) is 33.9 Å². The molecule has 14 nitrogen and oxygen atoms in total. The lowest BCUT2D eigenvalue weighted by molar-refractivity contribution is -0.127. The topological polar surface area (TPSA) is 200 Å². The molecule has 4 amide bonds. The van der Waals surface area contributed by atoms with E-state index in [2.05, 4.69) is 41.7 Å². The van der Waals surface area contributed by atoms with Crippen LogP contribution in [0.15, 0.2) is 93.3 Å². The monoisotopic (exact) mass is 1020 g/mol. The van der Waals surface area contributed by atoms with E-state index in [4.69, 9.17) is 92.8 Å². The summed E-state index contributed by atoms with van der Waals surface area (Å²) in [5, 5.41) is 27.4. The number of nitrogens with one attached hydrogen (secondary N) is 4. The Bertz CT molecular complexity index is 2590. The molecule has 0 bridgehead atoms. The lowest BCUT2D eigenvalue weighted by Gasteiger charge is -2.16. The fourth-order valence-corrected chi connectivity index (χ4v) is 6.99. The number of nitrogens with zero attached hydrogens (tertiary/aromatic N) is 4. The van der Waals surface area contributed by atoms with Crippen molar-refractivity contribution < 1.29 is 28.8 Å². The molecule has 5 aromatic carbocycles. The first kappa shape index (κ1) is 49.8. The minimum absolute atomic E-state index is 0.0116. The molecule has 0 heterocycles. The molecule has 0 aromatic heterocycles. The summed E-state index contributed by atoms with van der Waals surface area (Å²) in [5.74, 6) is -4.16. The standard InChI is InChI=1S/C42H30Cl8N8O6/c1-17-9-32(54-42(64)38(20(4)60)58-56-34-12-22(6-8-26(34)44)40(62)52-24-15-29(47)36(50)30(48)16-24)18(2)10-31(17)53-41(63)37(19(3)59)57-55-33-11-21(5-7-25(33)43)39(61)51-23-13-27(45)35(49)28(46)14-23/h5-16,37-38H,1-4H3,(H,51,61)(H,52,62)(H,53,63)(H,54,64). The van der Waals surface area contributed by atoms with E-state index in [1.807, 2.05) is 0 Å². The van der Waals surface area contributed by atoms with Crippen LogP contribution in [0.3, 0.4) is 0 Å². The van der Waals surface area contributed by atoms with E-state index in [1.165, 1.54) is 72.8 Å². The number of amides is 4. The van der Waals surface area contributed by atoms with Crippen molar-refractivity contribution in [3.05, 3.63) is 135 Å². The molecule has 0 fully saturated rings. The number of ketones is 2. The summed E-state index contributed by atoms with van der Waals surface area (Å²) in [7, 11) is 0. The van der Waals surface area contributed by atoms with Gasteiger partial charge in [-0.25, -0.2) is 0 Å². The Hall–Kier alpha value is -5.16. The van der Waals surface area contributed by atoms with Gasteiger partial charge in [-0.1, -0.05) is 92.8 Å². The summed E-state index contributed by atoms with van der Waals surface area (Å²) in [5.41, 5.74) is 2.15. The van der Waals surface area contributed by atoms with Crippen molar-refractivity contribution in [2.24, 2.45) is 20.5 Å². The number of aryl methyl sites for hydroxylation is 2. The van der Waals surface area contributed by atoms with E-state index in [-0.39, 0.29) is 85.4 Å². The SMILES string of the molecule is CC(=O)C(N=Nc1cc(C(=O)Nc2cc(Cl)c(Cl)c(Cl)c2)ccc1Cl)C(=O)Nc1cc(C)c(NC(=O)C(N=Nc2cc(C(=O)Nc3cc(Cl)c(Cl)c(Cl)c3)ccc2Cl)C(C)=O)cc1C. The van der Waals surface area contributed by atoms with Crippen LogP contribution in [-0.4, -0.2) is 47.3 Å². The summed E-state index contributed by atoms with van der Waals surface area (Å²) in [6, 6.07) is 13.7. The first-order valence-electron chi connectivity index (χ1n) is 18.2. The largest absolute Gasteiger partial charge is 0.324 e. The molecule has 0 aliphatic rings. The van der Waals surface area contributed by atoms with Crippen LogP contribution in [0.25, 0.3) is 0 Å². The minimum Gasteiger partial charge on any atom is -0.324 e. The number of hydrogen-bond acceptors (Lipinski definition) is 10. The second kappa shape index (κ2) is 21.7. The second-order valence-electron chi connectivity index (χ2n) is 13.7. The van der Waals surface area contributed by atoms with E-state index in [0.29, 0.717) is 11.1 Å². The van der Waals surface area contributed by atoms with Crippen molar-refractivity contribution >= 4 is 162 Å². The number of benzene rings is 5. The fourth-order valence-electron chi connectivity index (χ4n) is 5.49. The predicted molar refractivity (Wildman–Crippen MR) is 253 cm³/mol. The van der Waals surface area contributed by atoms with Gasteiger partial charge in [0.1, 0.15) is 11.4 Å². The van der Waals surface area contributed by atoms with Crippen LogP contribution in [0.2, 0.25) is 40.2 Å². The maximum atomic E-state index is 13.4. The number of Topliss-reactive ketones (excluding diaryl/α,β-unsaturated/α-hetero) is 2. The highest BCUT2D eigenvalue weighted by atomic mass is 35.5. The smallest absolute Gasteiger partial charge is 0.258 e. The first-order valence-corrected chi connectivity index (χ1v) is 21.2. The van der Waals surface area contributed by atoms with E-state index in [9.17, 15) is 28.8 Å². The molecule has 330 valence electrons. The summed E-state index contributed by atoms with van der Waals surface area (Å²) >= 11 is 48.9. The molecule has 0 spiro atoms. The van der Waals surface area contributed by atoms with Crippen LogP contribution in [0.5, 0.6) is 0 Å². The molecule has 22 heteroatoms. The third-order valence-corrected chi connectivity index (χ3v) is 11.8. The Morgan fingerprint density at radius 1 is 0.453 bits per heavy atom. The van der Waals surface area contributed by atoms with Crippen LogP contribution < -0.4 is 21.3 Å². The molecule has 5 rings (SSSR count). The van der Waals surface area contributed by atoms with Gasteiger partial charge in [-0.15, -0.1) is 0 Å². The lowest BCUT2D eigenvalue weighted by Crippen LogP contribution is -2.32. The minimum atomic E-state index is -1.63. The van der Waals surface area contributed by atoms with Crippen molar-refractivity contribution in [2.75, 3.05) is 21.3 Å². The molecule has 0 saturated heterocycles. The third-order valence-electron chi connectivity index (χ3n) is 8.82. The molecule has 0 aliphatic carbocycles. The number of azo groups is 2. The highest BCUT2D eigenvalue weighted by molar-refractivity contribution is 6.49. The van der Waals surface area contributed by atoms with Crippen LogP contribution in [0.4, 0.5) is 34.1 Å². The number of carbonyl (C=O) groups is 6. The Balaban J connectivity index is 1.27. The van der Waals surface area contributed by atoms with Crippen molar-refractivity contribution in [3.8, 4) is 0 Å². The van der Waals surface area contributed by atoms with Gasteiger partial charge < -0.3 is 21.3 Å². The van der Waals surface area contributed by atoms with E-state index >= 15 is 0 Å². The molecule has 5 aromatic rings. The number of anilines is 4.